The Labute approximate surface area is 285 Å². The molecule has 49 heavy (non-hydrogen) atoms. The molecule has 0 unspecified atom stereocenters. The number of rotatable bonds is 8. The topological polar surface area (TPSA) is 66.5 Å². The third-order valence-corrected chi connectivity index (χ3v) is 9.91. The molecule has 0 atom stereocenters. The van der Waals surface area contributed by atoms with Gasteiger partial charge in [-0.2, -0.15) is 0 Å². The summed E-state index contributed by atoms with van der Waals surface area (Å²) in [6.07, 6.45) is 0. The van der Waals surface area contributed by atoms with Gasteiger partial charge in [-0.05, 0) is 89.1 Å². The maximum Gasteiger partial charge on any atom is 0.262 e. The molecule has 6 aromatic rings. The Balaban J connectivity index is 1.05. The van der Waals surface area contributed by atoms with Gasteiger partial charge < -0.3 is 0 Å². The van der Waals surface area contributed by atoms with Crippen LogP contribution in [0.3, 0.4) is 0 Å². The molecule has 0 spiro atoms. The van der Waals surface area contributed by atoms with Gasteiger partial charge in [0.05, 0.1) is 17.7 Å². The van der Waals surface area contributed by atoms with E-state index in [0.717, 1.165) is 56.4 Å². The third-order valence-electron chi connectivity index (χ3n) is 7.95. The molecule has 0 saturated heterocycles. The highest BCUT2D eigenvalue weighted by Crippen LogP contribution is 2.39. The number of thiophene rings is 1. The molecule has 1 aromatic heterocycles. The van der Waals surface area contributed by atoms with Gasteiger partial charge in [0.1, 0.15) is 23.3 Å². The van der Waals surface area contributed by atoms with E-state index >= 15 is 0 Å². The average molecular weight is 695 g/mol. The van der Waals surface area contributed by atoms with Crippen LogP contribution in [0.2, 0.25) is 0 Å². The Bertz CT molecular complexity index is 2210. The number of benzene rings is 5. The van der Waals surface area contributed by atoms with Crippen molar-refractivity contribution in [2.45, 2.75) is 11.4 Å². The van der Waals surface area contributed by atoms with Crippen LogP contribution >= 0.6 is 23.3 Å². The number of hydrogen-bond donors (Lipinski definition) is 1. The predicted molar refractivity (Wildman–Crippen MR) is 182 cm³/mol. The average Bonchev–Trinajstić information content (AvgIpc) is 3.63. The maximum absolute atomic E-state index is 14.9. The normalized spacial score (nSPS) is 13.1. The van der Waals surface area contributed by atoms with Crippen molar-refractivity contribution in [2.75, 3.05) is 0 Å². The smallest absolute Gasteiger partial charge is 0.262 e. The van der Waals surface area contributed by atoms with E-state index in [0.29, 0.717) is 23.3 Å². The zero-order valence-electron chi connectivity index (χ0n) is 25.2. The van der Waals surface area contributed by atoms with Crippen LogP contribution in [0.15, 0.2) is 120 Å². The molecule has 242 valence electrons. The second kappa shape index (κ2) is 13.2. The van der Waals surface area contributed by atoms with Crippen LogP contribution in [0.5, 0.6) is 0 Å². The van der Waals surface area contributed by atoms with Crippen molar-refractivity contribution in [1.29, 1.82) is 0 Å². The number of hydrogen-bond acceptors (Lipinski definition) is 5. The molecule has 1 aliphatic rings. The summed E-state index contributed by atoms with van der Waals surface area (Å²) in [6.45, 7) is -0.293. The standard InChI is InChI=1S/C38H22F4N2O3S2/c39-25-11-15-28(30(41)18-25)34-35(29-16-12-26(40)19-31(29)42)38(47)44(37(34)46)20-21-5-7-23(8-6-21)36(45)43-49-27-13-9-22(10-14-27)33-17-24-3-1-2-4-32(24)48-33/h1-19H,20H2,(H,43,45). The van der Waals surface area contributed by atoms with Crippen LogP contribution in [-0.2, 0) is 16.1 Å². The van der Waals surface area contributed by atoms with Crippen molar-refractivity contribution >= 4 is 62.2 Å². The van der Waals surface area contributed by atoms with Gasteiger partial charge in [0, 0.05) is 43.3 Å². The molecule has 1 N–H and O–H groups in total. The Morgan fingerprint density at radius 3 is 1.86 bits per heavy atom. The largest absolute Gasteiger partial charge is 0.292 e. The molecular formula is C38H22F4N2O3S2. The molecule has 5 aromatic carbocycles. The lowest BCUT2D eigenvalue weighted by Gasteiger charge is -2.16. The summed E-state index contributed by atoms with van der Waals surface area (Å²) in [5.74, 6) is -6.32. The van der Waals surface area contributed by atoms with E-state index in [1.54, 1.807) is 23.5 Å². The minimum atomic E-state index is -1.13. The number of fused-ring (bicyclic) bond motifs is 1. The van der Waals surface area contributed by atoms with Gasteiger partial charge in [0.2, 0.25) is 0 Å². The van der Waals surface area contributed by atoms with Gasteiger partial charge in [-0.25, -0.2) is 17.6 Å². The zero-order chi connectivity index (χ0) is 34.2. The number of nitrogens with zero attached hydrogens (tertiary/aromatic N) is 1. The zero-order valence-corrected chi connectivity index (χ0v) is 26.8. The SMILES string of the molecule is O=C(NSc1ccc(-c2cc3ccccc3s2)cc1)c1ccc(CN2C(=O)C(c3ccc(F)cc3F)=C(c3ccc(F)cc3F)C2=O)cc1. The fraction of sp³-hybridized carbons (Fsp3) is 0.0263. The quantitative estimate of drug-likeness (QED) is 0.0982. The number of imide groups is 1. The lowest BCUT2D eigenvalue weighted by molar-refractivity contribution is -0.136. The highest BCUT2D eigenvalue weighted by atomic mass is 32.2. The number of nitrogens with one attached hydrogen (secondary N) is 1. The first-order chi connectivity index (χ1) is 23.7. The van der Waals surface area contributed by atoms with Crippen molar-refractivity contribution < 1.29 is 31.9 Å². The monoisotopic (exact) mass is 694 g/mol. The first-order valence-corrected chi connectivity index (χ1v) is 16.5. The summed E-state index contributed by atoms with van der Waals surface area (Å²) in [5, 5.41) is 1.19. The summed E-state index contributed by atoms with van der Waals surface area (Å²) in [5.41, 5.74) is 0.0830. The predicted octanol–water partition coefficient (Wildman–Crippen LogP) is 9.04. The summed E-state index contributed by atoms with van der Waals surface area (Å²) in [6, 6.07) is 29.2. The Morgan fingerprint density at radius 2 is 1.29 bits per heavy atom. The van der Waals surface area contributed by atoms with Crippen molar-refractivity contribution in [3.8, 4) is 10.4 Å². The van der Waals surface area contributed by atoms with Gasteiger partial charge >= 0.3 is 0 Å². The fourth-order valence-corrected chi connectivity index (χ4v) is 7.19. The minimum Gasteiger partial charge on any atom is -0.292 e. The summed E-state index contributed by atoms with van der Waals surface area (Å²) < 4.78 is 61.1. The summed E-state index contributed by atoms with van der Waals surface area (Å²) in [7, 11) is 0. The van der Waals surface area contributed by atoms with Crippen LogP contribution in [-0.4, -0.2) is 22.6 Å². The van der Waals surface area contributed by atoms with Crippen LogP contribution in [0.4, 0.5) is 17.6 Å². The third kappa shape index (κ3) is 6.38. The van der Waals surface area contributed by atoms with E-state index in [-0.39, 0.29) is 12.5 Å². The lowest BCUT2D eigenvalue weighted by Crippen LogP contribution is -2.31. The van der Waals surface area contributed by atoms with Gasteiger partial charge in [0.25, 0.3) is 17.7 Å². The van der Waals surface area contributed by atoms with Crippen LogP contribution in [0.1, 0.15) is 27.0 Å². The number of halogens is 4. The van der Waals surface area contributed by atoms with Crippen molar-refractivity contribution in [1.82, 2.24) is 9.62 Å². The molecule has 0 fully saturated rings. The molecule has 0 saturated carbocycles. The van der Waals surface area contributed by atoms with Gasteiger partial charge in [0.15, 0.2) is 0 Å². The van der Waals surface area contributed by atoms with Crippen LogP contribution < -0.4 is 4.72 Å². The molecule has 0 radical (unpaired) electrons. The van der Waals surface area contributed by atoms with Gasteiger partial charge in [-0.3, -0.25) is 24.0 Å². The fourth-order valence-electron chi connectivity index (χ4n) is 5.52. The van der Waals surface area contributed by atoms with Crippen molar-refractivity contribution in [2.24, 2.45) is 0 Å². The van der Waals surface area contributed by atoms with Crippen molar-refractivity contribution in [3.63, 3.8) is 0 Å². The van der Waals surface area contributed by atoms with E-state index in [2.05, 4.69) is 22.9 Å². The van der Waals surface area contributed by atoms with Crippen LogP contribution in [0.25, 0.3) is 31.7 Å². The summed E-state index contributed by atoms with van der Waals surface area (Å²) >= 11 is 2.86. The molecule has 11 heteroatoms. The van der Waals surface area contributed by atoms with E-state index in [9.17, 15) is 31.9 Å². The van der Waals surface area contributed by atoms with E-state index in [1.165, 1.54) is 22.2 Å². The molecule has 7 rings (SSSR count). The molecule has 5 nitrogen and oxygen atoms in total. The highest BCUT2D eigenvalue weighted by Gasteiger charge is 2.41. The van der Waals surface area contributed by atoms with Crippen molar-refractivity contribution in [3.05, 3.63) is 161 Å². The molecular weight excluding hydrogens is 673 g/mol. The van der Waals surface area contributed by atoms with Gasteiger partial charge in [-0.1, -0.05) is 42.5 Å². The van der Waals surface area contributed by atoms with E-state index in [1.807, 2.05) is 36.4 Å². The summed E-state index contributed by atoms with van der Waals surface area (Å²) in [4.78, 5) is 42.8. The molecule has 1 aliphatic heterocycles. The second-order valence-electron chi connectivity index (χ2n) is 11.1. The highest BCUT2D eigenvalue weighted by molar-refractivity contribution is 7.98. The Morgan fingerprint density at radius 1 is 0.694 bits per heavy atom. The molecule has 0 aliphatic carbocycles. The second-order valence-corrected chi connectivity index (χ2v) is 13.1. The Hall–Kier alpha value is -5.52. The minimum absolute atomic E-state index is 0.293. The maximum atomic E-state index is 14.9. The first-order valence-electron chi connectivity index (χ1n) is 14.8. The van der Waals surface area contributed by atoms with E-state index < -0.39 is 57.4 Å². The lowest BCUT2D eigenvalue weighted by atomic mass is 9.95. The first kappa shape index (κ1) is 32.0. The van der Waals surface area contributed by atoms with Gasteiger partial charge in [-0.15, -0.1) is 11.3 Å². The van der Waals surface area contributed by atoms with Crippen LogP contribution in [0, 0.1) is 23.3 Å². The number of carbonyl (C=O) groups excluding carboxylic acids is 3. The molecule has 3 amide bonds. The molecule has 2 heterocycles. The number of carbonyl (C=O) groups is 3. The number of amides is 3. The van der Waals surface area contributed by atoms with E-state index in [4.69, 9.17) is 0 Å². The molecule has 0 bridgehead atoms. The Kier molecular flexibility index (Phi) is 8.62.